The van der Waals surface area contributed by atoms with Crippen LogP contribution in [0.3, 0.4) is 0 Å². The molecular weight excluding hydrogens is 406 g/mol. The van der Waals surface area contributed by atoms with Gasteiger partial charge >= 0.3 is 0 Å². The smallest absolute Gasteiger partial charge is 0.277 e. The molecule has 0 aliphatic carbocycles. The highest BCUT2D eigenvalue weighted by atomic mass is 35.5. The molecule has 0 radical (unpaired) electrons. The van der Waals surface area contributed by atoms with Crippen molar-refractivity contribution in [3.05, 3.63) is 64.2 Å². The number of benzene rings is 2. The molecule has 1 unspecified atom stereocenters. The molecule has 2 aromatic carbocycles. The van der Waals surface area contributed by atoms with Crippen molar-refractivity contribution in [3.8, 4) is 11.5 Å². The summed E-state index contributed by atoms with van der Waals surface area (Å²) in [6, 6.07) is 13.9. The number of nitrogens with zero attached hydrogens (tertiary/aromatic N) is 3. The van der Waals surface area contributed by atoms with Crippen LogP contribution in [0, 0.1) is 13.8 Å². The Balaban J connectivity index is 1.41. The second-order valence-corrected chi connectivity index (χ2v) is 8.70. The number of halogens is 1. The lowest BCUT2D eigenvalue weighted by Gasteiger charge is -2.25. The molecule has 0 bridgehead atoms. The zero-order valence-corrected chi connectivity index (χ0v) is 18.0. The van der Waals surface area contributed by atoms with E-state index in [9.17, 15) is 4.79 Å². The molecule has 29 heavy (non-hydrogen) atoms. The molecule has 1 saturated heterocycles. The standard InChI is InChI=1S/C22H22ClN3O2S/c1-14-10-15(2)12-17(11-14)19-4-3-9-26(19)20(27)13-29-22-25-24-21(28-22)16-5-7-18(23)8-6-16/h5-8,10-12,19H,3-4,9,13H2,1-2H3. The van der Waals surface area contributed by atoms with E-state index in [1.54, 1.807) is 12.1 Å². The molecule has 0 N–H and O–H groups in total. The number of aryl methyl sites for hydroxylation is 2. The van der Waals surface area contributed by atoms with Crippen LogP contribution in [0.15, 0.2) is 52.1 Å². The molecule has 1 atom stereocenters. The Morgan fingerprint density at radius 2 is 1.90 bits per heavy atom. The number of rotatable bonds is 5. The number of hydrogen-bond acceptors (Lipinski definition) is 5. The Hall–Kier alpha value is -2.31. The normalized spacial score (nSPS) is 16.4. The van der Waals surface area contributed by atoms with Crippen molar-refractivity contribution >= 4 is 29.3 Å². The van der Waals surface area contributed by atoms with Crippen LogP contribution in [0.4, 0.5) is 0 Å². The van der Waals surface area contributed by atoms with E-state index in [2.05, 4.69) is 42.2 Å². The molecular formula is C22H22ClN3O2S. The minimum atomic E-state index is 0.0999. The van der Waals surface area contributed by atoms with Gasteiger partial charge in [-0.25, -0.2) is 0 Å². The average Bonchev–Trinajstić information content (AvgIpc) is 3.36. The highest BCUT2D eigenvalue weighted by molar-refractivity contribution is 7.99. The third kappa shape index (κ3) is 4.65. The molecule has 0 saturated carbocycles. The summed E-state index contributed by atoms with van der Waals surface area (Å²) < 4.78 is 5.69. The first-order chi connectivity index (χ1) is 14.0. The molecule has 7 heteroatoms. The molecule has 1 aliphatic rings. The molecule has 1 fully saturated rings. The third-order valence-electron chi connectivity index (χ3n) is 5.02. The summed E-state index contributed by atoms with van der Waals surface area (Å²) in [5.41, 5.74) is 4.49. The Morgan fingerprint density at radius 1 is 1.17 bits per heavy atom. The van der Waals surface area contributed by atoms with Gasteiger partial charge in [0, 0.05) is 17.1 Å². The fourth-order valence-electron chi connectivity index (χ4n) is 3.80. The van der Waals surface area contributed by atoms with Crippen LogP contribution in [0.5, 0.6) is 0 Å². The highest BCUT2D eigenvalue weighted by Crippen LogP contribution is 2.34. The fourth-order valence-corrected chi connectivity index (χ4v) is 4.57. The maximum absolute atomic E-state index is 12.9. The first kappa shape index (κ1) is 20.0. The Bertz CT molecular complexity index is 999. The van der Waals surface area contributed by atoms with Gasteiger partial charge in [0.15, 0.2) is 0 Å². The predicted molar refractivity (Wildman–Crippen MR) is 115 cm³/mol. The number of hydrogen-bond donors (Lipinski definition) is 0. The van der Waals surface area contributed by atoms with Crippen molar-refractivity contribution in [2.75, 3.05) is 12.3 Å². The van der Waals surface area contributed by atoms with E-state index >= 15 is 0 Å². The summed E-state index contributed by atoms with van der Waals surface area (Å²) in [6.07, 6.45) is 2.02. The van der Waals surface area contributed by atoms with Crippen molar-refractivity contribution in [2.45, 2.75) is 38.0 Å². The predicted octanol–water partition coefficient (Wildman–Crippen LogP) is 5.46. The van der Waals surface area contributed by atoms with Crippen LogP contribution in [0.2, 0.25) is 5.02 Å². The van der Waals surface area contributed by atoms with Gasteiger partial charge in [-0.1, -0.05) is 52.7 Å². The molecule has 5 nitrogen and oxygen atoms in total. The van der Waals surface area contributed by atoms with Gasteiger partial charge in [-0.2, -0.15) is 0 Å². The molecule has 0 spiro atoms. The van der Waals surface area contributed by atoms with Gasteiger partial charge < -0.3 is 9.32 Å². The number of likely N-dealkylation sites (tertiary alicyclic amines) is 1. The van der Waals surface area contributed by atoms with Crippen molar-refractivity contribution in [1.29, 1.82) is 0 Å². The Morgan fingerprint density at radius 3 is 2.62 bits per heavy atom. The van der Waals surface area contributed by atoms with Crippen molar-refractivity contribution in [2.24, 2.45) is 0 Å². The van der Waals surface area contributed by atoms with Crippen LogP contribution >= 0.6 is 23.4 Å². The van der Waals surface area contributed by atoms with E-state index < -0.39 is 0 Å². The van der Waals surface area contributed by atoms with Gasteiger partial charge in [0.05, 0.1) is 11.8 Å². The fraction of sp³-hybridized carbons (Fsp3) is 0.318. The number of carbonyl (C=O) groups is 1. The van der Waals surface area contributed by atoms with Crippen molar-refractivity contribution < 1.29 is 9.21 Å². The van der Waals surface area contributed by atoms with E-state index in [1.807, 2.05) is 17.0 Å². The van der Waals surface area contributed by atoms with Gasteiger partial charge in [0.2, 0.25) is 11.8 Å². The summed E-state index contributed by atoms with van der Waals surface area (Å²) >= 11 is 7.19. The number of amides is 1. The SMILES string of the molecule is Cc1cc(C)cc(C2CCCN2C(=O)CSc2nnc(-c3ccc(Cl)cc3)o2)c1. The van der Waals surface area contributed by atoms with Gasteiger partial charge in [-0.05, 0) is 56.5 Å². The van der Waals surface area contributed by atoms with Crippen LogP contribution in [0.1, 0.15) is 35.6 Å². The van der Waals surface area contributed by atoms with E-state index in [-0.39, 0.29) is 17.7 Å². The number of thioether (sulfide) groups is 1. The molecule has 2 heterocycles. The van der Waals surface area contributed by atoms with Gasteiger partial charge in [0.1, 0.15) is 0 Å². The van der Waals surface area contributed by atoms with Crippen LogP contribution < -0.4 is 0 Å². The minimum absolute atomic E-state index is 0.0999. The summed E-state index contributed by atoms with van der Waals surface area (Å²) in [5.74, 6) is 0.803. The average molecular weight is 428 g/mol. The topological polar surface area (TPSA) is 59.2 Å². The lowest BCUT2D eigenvalue weighted by molar-refractivity contribution is -0.129. The van der Waals surface area contributed by atoms with Crippen molar-refractivity contribution in [3.63, 3.8) is 0 Å². The van der Waals surface area contributed by atoms with E-state index in [0.29, 0.717) is 16.1 Å². The Kier molecular flexibility index (Phi) is 5.92. The van der Waals surface area contributed by atoms with Crippen molar-refractivity contribution in [1.82, 2.24) is 15.1 Å². The molecule has 3 aromatic rings. The Labute approximate surface area is 179 Å². The second kappa shape index (κ2) is 8.59. The molecule has 4 rings (SSSR count). The summed E-state index contributed by atoms with van der Waals surface area (Å²) in [4.78, 5) is 14.9. The first-order valence-electron chi connectivity index (χ1n) is 9.59. The monoisotopic (exact) mass is 427 g/mol. The van der Waals surface area contributed by atoms with Gasteiger partial charge in [0.25, 0.3) is 5.22 Å². The minimum Gasteiger partial charge on any atom is -0.411 e. The summed E-state index contributed by atoms with van der Waals surface area (Å²) in [6.45, 7) is 4.99. The van der Waals surface area contributed by atoms with Crippen LogP contribution in [0.25, 0.3) is 11.5 Å². The van der Waals surface area contributed by atoms with Gasteiger partial charge in [-0.15, -0.1) is 10.2 Å². The lowest BCUT2D eigenvalue weighted by Crippen LogP contribution is -2.32. The summed E-state index contributed by atoms with van der Waals surface area (Å²) in [7, 11) is 0. The third-order valence-corrected chi connectivity index (χ3v) is 6.07. The van der Waals surface area contributed by atoms with E-state index in [0.717, 1.165) is 24.9 Å². The lowest BCUT2D eigenvalue weighted by atomic mass is 9.99. The maximum atomic E-state index is 12.9. The zero-order valence-electron chi connectivity index (χ0n) is 16.4. The van der Waals surface area contributed by atoms with E-state index in [1.165, 1.54) is 28.5 Å². The first-order valence-corrected chi connectivity index (χ1v) is 11.0. The number of carbonyl (C=O) groups excluding carboxylic acids is 1. The zero-order chi connectivity index (χ0) is 20.4. The second-order valence-electron chi connectivity index (χ2n) is 7.33. The van der Waals surface area contributed by atoms with Crippen LogP contribution in [-0.4, -0.2) is 33.3 Å². The highest BCUT2D eigenvalue weighted by Gasteiger charge is 2.30. The summed E-state index contributed by atoms with van der Waals surface area (Å²) in [5, 5.41) is 9.17. The molecule has 1 aromatic heterocycles. The van der Waals surface area contributed by atoms with Crippen LogP contribution in [-0.2, 0) is 4.79 Å². The molecule has 150 valence electrons. The maximum Gasteiger partial charge on any atom is 0.277 e. The quantitative estimate of drug-likeness (QED) is 0.506. The van der Waals surface area contributed by atoms with E-state index in [4.69, 9.17) is 16.0 Å². The molecule has 1 amide bonds. The largest absolute Gasteiger partial charge is 0.411 e. The molecule has 1 aliphatic heterocycles. The number of aromatic nitrogens is 2. The van der Waals surface area contributed by atoms with Gasteiger partial charge in [-0.3, -0.25) is 4.79 Å².